The number of hydrogen-bond acceptors (Lipinski definition) is 1. The number of nitrogens with one attached hydrogen (secondary N) is 1. The zero-order valence-corrected chi connectivity index (χ0v) is 7.89. The van der Waals surface area contributed by atoms with Gasteiger partial charge in [-0.3, -0.25) is 0 Å². The van der Waals surface area contributed by atoms with Crippen LogP contribution in [0.2, 0.25) is 0 Å². The number of halogens is 2. The number of rotatable bonds is 5. The lowest BCUT2D eigenvalue weighted by atomic mass is 10.2. The van der Waals surface area contributed by atoms with Gasteiger partial charge in [-0.1, -0.05) is 12.1 Å². The van der Waals surface area contributed by atoms with E-state index in [2.05, 4.69) is 11.9 Å². The summed E-state index contributed by atoms with van der Waals surface area (Å²) in [7, 11) is 0. The van der Waals surface area contributed by atoms with Crippen LogP contribution in [-0.4, -0.2) is 6.54 Å². The van der Waals surface area contributed by atoms with Gasteiger partial charge in [-0.05, 0) is 30.7 Å². The third-order valence-electron chi connectivity index (χ3n) is 1.84. The van der Waals surface area contributed by atoms with E-state index >= 15 is 0 Å². The van der Waals surface area contributed by atoms with Crippen molar-refractivity contribution in [3.8, 4) is 0 Å². The van der Waals surface area contributed by atoms with E-state index in [9.17, 15) is 8.78 Å². The van der Waals surface area contributed by atoms with Crippen LogP contribution < -0.4 is 5.32 Å². The Labute approximate surface area is 82.4 Å². The van der Waals surface area contributed by atoms with Crippen LogP contribution in [0.15, 0.2) is 30.9 Å². The molecule has 0 aliphatic rings. The minimum absolute atomic E-state index is 0.547. The Morgan fingerprint density at radius 2 is 2.07 bits per heavy atom. The van der Waals surface area contributed by atoms with Crippen molar-refractivity contribution in [2.45, 2.75) is 13.0 Å². The lowest BCUT2D eigenvalue weighted by Gasteiger charge is -2.03. The van der Waals surface area contributed by atoms with Crippen LogP contribution in [0.3, 0.4) is 0 Å². The lowest BCUT2D eigenvalue weighted by molar-refractivity contribution is 0.506. The Morgan fingerprint density at radius 1 is 1.29 bits per heavy atom. The van der Waals surface area contributed by atoms with E-state index < -0.39 is 11.6 Å². The second-order valence-electron chi connectivity index (χ2n) is 3.00. The molecule has 0 saturated heterocycles. The fraction of sp³-hybridized carbons (Fsp3) is 0.273. The number of hydrogen-bond donors (Lipinski definition) is 1. The van der Waals surface area contributed by atoms with E-state index in [0.29, 0.717) is 6.54 Å². The first-order chi connectivity index (χ1) is 6.74. The quantitative estimate of drug-likeness (QED) is 0.565. The van der Waals surface area contributed by atoms with Crippen molar-refractivity contribution in [3.05, 3.63) is 48.1 Å². The third kappa shape index (κ3) is 3.26. The average Bonchev–Trinajstić information content (AvgIpc) is 2.18. The maximum absolute atomic E-state index is 12.7. The molecule has 0 radical (unpaired) electrons. The molecule has 0 aromatic heterocycles. The molecule has 0 bridgehead atoms. The molecule has 1 aromatic rings. The standard InChI is InChI=1S/C11H13F2N/c1-2-3-6-14-8-9-4-5-10(12)11(13)7-9/h2,4-5,7,14H,1,3,6,8H2. The first-order valence-electron chi connectivity index (χ1n) is 4.49. The van der Waals surface area contributed by atoms with Gasteiger partial charge in [-0.25, -0.2) is 8.78 Å². The van der Waals surface area contributed by atoms with Crippen molar-refractivity contribution >= 4 is 0 Å². The van der Waals surface area contributed by atoms with Gasteiger partial charge in [0.25, 0.3) is 0 Å². The first-order valence-corrected chi connectivity index (χ1v) is 4.49. The summed E-state index contributed by atoms with van der Waals surface area (Å²) in [5.74, 6) is -1.60. The van der Waals surface area contributed by atoms with Gasteiger partial charge >= 0.3 is 0 Å². The summed E-state index contributed by atoms with van der Waals surface area (Å²) in [6.07, 6.45) is 2.67. The third-order valence-corrected chi connectivity index (χ3v) is 1.84. The molecular weight excluding hydrogens is 184 g/mol. The summed E-state index contributed by atoms with van der Waals surface area (Å²) in [6.45, 7) is 4.92. The van der Waals surface area contributed by atoms with Crippen LogP contribution in [0.5, 0.6) is 0 Å². The molecule has 3 heteroatoms. The molecule has 0 fully saturated rings. The smallest absolute Gasteiger partial charge is 0.159 e. The zero-order valence-electron chi connectivity index (χ0n) is 7.89. The van der Waals surface area contributed by atoms with Gasteiger partial charge in [0, 0.05) is 6.54 Å². The molecule has 0 aliphatic carbocycles. The van der Waals surface area contributed by atoms with E-state index in [1.165, 1.54) is 6.07 Å². The highest BCUT2D eigenvalue weighted by atomic mass is 19.2. The Hall–Kier alpha value is -1.22. The van der Waals surface area contributed by atoms with Crippen LogP contribution in [0.1, 0.15) is 12.0 Å². The fourth-order valence-electron chi connectivity index (χ4n) is 1.09. The predicted octanol–water partition coefficient (Wildman–Crippen LogP) is 2.63. The molecule has 1 nitrogen and oxygen atoms in total. The van der Waals surface area contributed by atoms with Gasteiger partial charge in [-0.15, -0.1) is 6.58 Å². The van der Waals surface area contributed by atoms with Gasteiger partial charge in [-0.2, -0.15) is 0 Å². The minimum atomic E-state index is -0.806. The summed E-state index contributed by atoms with van der Waals surface area (Å²) >= 11 is 0. The van der Waals surface area contributed by atoms with Crippen molar-refractivity contribution in [2.75, 3.05) is 6.54 Å². The Kier molecular flexibility index (Phi) is 4.26. The van der Waals surface area contributed by atoms with Crippen molar-refractivity contribution in [3.63, 3.8) is 0 Å². The van der Waals surface area contributed by atoms with Crippen molar-refractivity contribution in [1.29, 1.82) is 0 Å². The Bertz CT molecular complexity index is 310. The average molecular weight is 197 g/mol. The highest BCUT2D eigenvalue weighted by Gasteiger charge is 2.01. The molecule has 0 unspecified atom stereocenters. The molecule has 1 aromatic carbocycles. The van der Waals surface area contributed by atoms with Crippen LogP contribution >= 0.6 is 0 Å². The van der Waals surface area contributed by atoms with Crippen LogP contribution in [0.25, 0.3) is 0 Å². The van der Waals surface area contributed by atoms with Crippen LogP contribution in [0, 0.1) is 11.6 Å². The van der Waals surface area contributed by atoms with E-state index in [0.717, 1.165) is 24.6 Å². The van der Waals surface area contributed by atoms with Gasteiger partial charge in [0.2, 0.25) is 0 Å². The maximum Gasteiger partial charge on any atom is 0.159 e. The molecule has 0 aliphatic heterocycles. The molecule has 14 heavy (non-hydrogen) atoms. The lowest BCUT2D eigenvalue weighted by Crippen LogP contribution is -2.14. The second kappa shape index (κ2) is 5.50. The summed E-state index contributed by atoms with van der Waals surface area (Å²) < 4.78 is 25.3. The van der Waals surface area contributed by atoms with E-state index in [1.54, 1.807) is 12.1 Å². The summed E-state index contributed by atoms with van der Waals surface area (Å²) in [5.41, 5.74) is 0.743. The Morgan fingerprint density at radius 3 is 2.71 bits per heavy atom. The van der Waals surface area contributed by atoms with Crippen LogP contribution in [-0.2, 0) is 6.54 Å². The molecule has 0 amide bonds. The molecular formula is C11H13F2N. The van der Waals surface area contributed by atoms with Crippen molar-refractivity contribution in [2.24, 2.45) is 0 Å². The second-order valence-corrected chi connectivity index (χ2v) is 3.00. The molecule has 0 heterocycles. The SMILES string of the molecule is C=CCCNCc1ccc(F)c(F)c1. The summed E-state index contributed by atoms with van der Waals surface area (Å²) in [6, 6.07) is 3.91. The summed E-state index contributed by atoms with van der Waals surface area (Å²) in [4.78, 5) is 0. The summed E-state index contributed by atoms with van der Waals surface area (Å²) in [5, 5.41) is 3.09. The molecule has 0 atom stereocenters. The monoisotopic (exact) mass is 197 g/mol. The van der Waals surface area contributed by atoms with Crippen molar-refractivity contribution < 1.29 is 8.78 Å². The Balaban J connectivity index is 2.43. The predicted molar refractivity (Wildman–Crippen MR) is 52.9 cm³/mol. The van der Waals surface area contributed by atoms with Gasteiger partial charge < -0.3 is 5.32 Å². The first kappa shape index (κ1) is 10.9. The highest BCUT2D eigenvalue weighted by molar-refractivity contribution is 5.17. The topological polar surface area (TPSA) is 12.0 Å². The molecule has 76 valence electrons. The molecule has 0 spiro atoms. The zero-order chi connectivity index (χ0) is 10.4. The van der Waals surface area contributed by atoms with E-state index in [-0.39, 0.29) is 0 Å². The minimum Gasteiger partial charge on any atom is -0.312 e. The van der Waals surface area contributed by atoms with Gasteiger partial charge in [0.15, 0.2) is 11.6 Å². The van der Waals surface area contributed by atoms with Crippen molar-refractivity contribution in [1.82, 2.24) is 5.32 Å². The van der Waals surface area contributed by atoms with E-state index in [4.69, 9.17) is 0 Å². The largest absolute Gasteiger partial charge is 0.312 e. The normalized spacial score (nSPS) is 10.1. The molecule has 0 saturated carbocycles. The molecule has 1 N–H and O–H groups in total. The van der Waals surface area contributed by atoms with Gasteiger partial charge in [0.1, 0.15) is 0 Å². The highest BCUT2D eigenvalue weighted by Crippen LogP contribution is 2.08. The maximum atomic E-state index is 12.7. The van der Waals surface area contributed by atoms with Gasteiger partial charge in [0.05, 0.1) is 0 Å². The van der Waals surface area contributed by atoms with Crippen LogP contribution in [0.4, 0.5) is 8.78 Å². The fourth-order valence-corrected chi connectivity index (χ4v) is 1.09. The molecule has 1 rings (SSSR count). The van der Waals surface area contributed by atoms with E-state index in [1.807, 2.05) is 0 Å². The number of benzene rings is 1.